The Labute approximate surface area is 369 Å². The second-order valence-electron chi connectivity index (χ2n) is 12.9. The molecule has 0 fully saturated rings. The first-order chi connectivity index (χ1) is 29.8. The van der Waals surface area contributed by atoms with E-state index in [1.165, 1.54) is 22.3 Å². The van der Waals surface area contributed by atoms with E-state index < -0.39 is 6.09 Å². The van der Waals surface area contributed by atoms with E-state index in [0.717, 1.165) is 11.0 Å². The summed E-state index contributed by atoms with van der Waals surface area (Å²) in [6, 6.07) is 16.5. The van der Waals surface area contributed by atoms with E-state index in [1.807, 2.05) is 24.3 Å². The Morgan fingerprint density at radius 3 is 0.967 bits per heavy atom. The van der Waals surface area contributed by atoms with Crippen LogP contribution in [0.5, 0.6) is 0 Å². The van der Waals surface area contributed by atoms with Gasteiger partial charge in [0, 0.05) is 16.9 Å². The summed E-state index contributed by atoms with van der Waals surface area (Å²) >= 11 is 2.28. The Morgan fingerprint density at radius 1 is 0.400 bits per heavy atom. The van der Waals surface area contributed by atoms with E-state index in [2.05, 4.69) is 52.2 Å². The van der Waals surface area contributed by atoms with Crippen molar-refractivity contribution in [1.29, 1.82) is 0 Å². The smallest absolute Gasteiger partial charge is 0.407 e. The second kappa shape index (κ2) is 38.6. The average molecular weight is 966 g/mol. The minimum absolute atomic E-state index is 0.0347. The number of carbonyl (C=O) groups is 1. The lowest BCUT2D eigenvalue weighted by Crippen LogP contribution is -2.29. The van der Waals surface area contributed by atoms with Gasteiger partial charge in [0.1, 0.15) is 6.61 Å². The number of nitrogens with one attached hydrogen (secondary N) is 1. The second-order valence-corrected chi connectivity index (χ2v) is 14.0. The highest BCUT2D eigenvalue weighted by molar-refractivity contribution is 14.1. The Hall–Kier alpha value is -2.08. The topological polar surface area (TPSA) is 158 Å². The minimum Gasteiger partial charge on any atom is -0.449 e. The highest BCUT2D eigenvalue weighted by Gasteiger charge is 2.29. The summed E-state index contributed by atoms with van der Waals surface area (Å²) in [5.74, 6) is 0.0347. The molecule has 60 heavy (non-hydrogen) atoms. The van der Waals surface area contributed by atoms with Crippen LogP contribution in [0.15, 0.2) is 48.5 Å². The van der Waals surface area contributed by atoms with Gasteiger partial charge in [-0.25, -0.2) is 4.79 Å². The highest BCUT2D eigenvalue weighted by Crippen LogP contribution is 2.44. The molecule has 1 aliphatic carbocycles. The van der Waals surface area contributed by atoms with Gasteiger partial charge in [0.15, 0.2) is 0 Å². The first kappa shape index (κ1) is 52.3. The van der Waals surface area contributed by atoms with E-state index in [-0.39, 0.29) is 12.5 Å². The number of ether oxygens (including phenoxy) is 14. The van der Waals surface area contributed by atoms with Crippen molar-refractivity contribution in [3.8, 4) is 11.1 Å². The molecule has 0 bridgehead atoms. The molecule has 0 unspecified atom stereocenters. The van der Waals surface area contributed by atoms with Crippen LogP contribution in [0.3, 0.4) is 0 Å². The van der Waals surface area contributed by atoms with Crippen molar-refractivity contribution in [2.45, 2.75) is 5.92 Å². The van der Waals surface area contributed by atoms with Crippen LogP contribution in [0.25, 0.3) is 11.1 Å². The molecule has 2 aromatic carbocycles. The Kier molecular flexibility index (Phi) is 33.6. The number of carbonyl (C=O) groups excluding carboxylic acids is 1. The summed E-state index contributed by atoms with van der Waals surface area (Å²) in [5.41, 5.74) is 4.77. The maximum Gasteiger partial charge on any atom is 0.407 e. The predicted octanol–water partition coefficient (Wildman–Crippen LogP) is 4.18. The summed E-state index contributed by atoms with van der Waals surface area (Å²) in [4.78, 5) is 12.3. The Bertz CT molecular complexity index is 1250. The van der Waals surface area contributed by atoms with Gasteiger partial charge in [0.25, 0.3) is 0 Å². The zero-order valence-electron chi connectivity index (χ0n) is 35.2. The molecule has 0 aliphatic heterocycles. The number of rotatable bonds is 43. The maximum atomic E-state index is 12.3. The Balaban J connectivity index is 0.919. The lowest BCUT2D eigenvalue weighted by Gasteiger charge is -2.14. The van der Waals surface area contributed by atoms with Crippen LogP contribution in [0.2, 0.25) is 0 Å². The van der Waals surface area contributed by atoms with Gasteiger partial charge in [-0.05, 0) is 22.3 Å². The fourth-order valence-corrected chi connectivity index (χ4v) is 5.98. The average Bonchev–Trinajstić information content (AvgIpc) is 3.59. The molecule has 3 rings (SSSR count). The van der Waals surface area contributed by atoms with Crippen molar-refractivity contribution in [2.75, 3.05) is 189 Å². The third kappa shape index (κ3) is 26.4. The van der Waals surface area contributed by atoms with Crippen LogP contribution in [0.4, 0.5) is 4.79 Å². The summed E-state index contributed by atoms with van der Waals surface area (Å²) in [6.45, 7) is 13.8. The molecule has 2 aromatic rings. The van der Waals surface area contributed by atoms with Crippen LogP contribution in [-0.2, 0) is 66.3 Å². The van der Waals surface area contributed by atoms with Gasteiger partial charge in [-0.15, -0.1) is 0 Å². The highest BCUT2D eigenvalue weighted by atomic mass is 127. The van der Waals surface area contributed by atoms with Gasteiger partial charge < -0.3 is 71.6 Å². The van der Waals surface area contributed by atoms with Crippen molar-refractivity contribution >= 4 is 28.7 Å². The number of alkyl carbamates (subject to hydrolysis) is 1. The summed E-state index contributed by atoms with van der Waals surface area (Å²) in [6.07, 6.45) is -0.454. The van der Waals surface area contributed by atoms with Gasteiger partial charge in [-0.3, -0.25) is 0 Å². The fourth-order valence-electron chi connectivity index (χ4n) is 5.67. The van der Waals surface area contributed by atoms with Crippen molar-refractivity contribution in [3.05, 3.63) is 59.7 Å². The number of fused-ring (bicyclic) bond motifs is 3. The predicted molar refractivity (Wildman–Crippen MR) is 233 cm³/mol. The first-order valence-electron chi connectivity index (χ1n) is 21.0. The van der Waals surface area contributed by atoms with E-state index in [4.69, 9.17) is 66.3 Å². The largest absolute Gasteiger partial charge is 0.449 e. The zero-order chi connectivity index (χ0) is 42.2. The molecular weight excluding hydrogens is 897 g/mol. The summed E-state index contributed by atoms with van der Waals surface area (Å²) in [7, 11) is 0. The number of amides is 1. The molecule has 17 heteroatoms. The Morgan fingerprint density at radius 2 is 0.667 bits per heavy atom. The molecule has 0 saturated carbocycles. The normalized spacial score (nSPS) is 12.2. The lowest BCUT2D eigenvalue weighted by molar-refractivity contribution is -0.0289. The standard InChI is InChI=1S/C43H68INO15/c44-9-11-47-13-15-49-17-19-51-21-23-53-25-27-55-29-31-57-33-35-59-36-34-58-32-30-56-28-26-54-24-22-52-20-18-50-16-14-48-12-10-45-43(46)60-37-42-40-7-3-1-5-38(40)39-6-2-4-8-41(39)42/h1-8,42H,9-37H2,(H,45,46). The summed E-state index contributed by atoms with van der Waals surface area (Å²) in [5, 5.41) is 2.74. The molecule has 0 radical (unpaired) electrons. The molecule has 0 saturated heterocycles. The van der Waals surface area contributed by atoms with Crippen LogP contribution >= 0.6 is 22.6 Å². The molecule has 0 spiro atoms. The number of alkyl halides is 1. The molecule has 342 valence electrons. The molecule has 0 atom stereocenters. The van der Waals surface area contributed by atoms with E-state index >= 15 is 0 Å². The molecule has 0 aromatic heterocycles. The van der Waals surface area contributed by atoms with Gasteiger partial charge in [0.2, 0.25) is 0 Å². The van der Waals surface area contributed by atoms with Crippen LogP contribution in [0, 0.1) is 0 Å². The van der Waals surface area contributed by atoms with E-state index in [0.29, 0.717) is 172 Å². The number of halogens is 1. The van der Waals surface area contributed by atoms with Crippen molar-refractivity contribution < 1.29 is 71.1 Å². The SMILES string of the molecule is O=C(NCCOCCOCCOCCOCCOCCOCCOCCOCCOCCOCCOCCOCCOCCI)OCC1c2ccccc2-c2ccccc21. The lowest BCUT2D eigenvalue weighted by atomic mass is 9.98. The maximum absolute atomic E-state index is 12.3. The van der Waals surface area contributed by atoms with Gasteiger partial charge >= 0.3 is 6.09 Å². The molecule has 0 heterocycles. The quantitative estimate of drug-likeness (QED) is 0.0574. The van der Waals surface area contributed by atoms with E-state index in [9.17, 15) is 4.79 Å². The minimum atomic E-state index is -0.454. The number of hydrogen-bond donors (Lipinski definition) is 1. The molecular formula is C43H68INO15. The van der Waals surface area contributed by atoms with E-state index in [1.54, 1.807) is 0 Å². The zero-order valence-corrected chi connectivity index (χ0v) is 37.4. The third-order valence-electron chi connectivity index (χ3n) is 8.55. The fraction of sp³-hybridized carbons (Fsp3) is 0.698. The number of benzene rings is 2. The van der Waals surface area contributed by atoms with Crippen LogP contribution in [0.1, 0.15) is 17.0 Å². The van der Waals surface area contributed by atoms with Crippen molar-refractivity contribution in [3.63, 3.8) is 0 Å². The van der Waals surface area contributed by atoms with Gasteiger partial charge in [-0.2, -0.15) is 0 Å². The third-order valence-corrected chi connectivity index (χ3v) is 8.99. The van der Waals surface area contributed by atoms with Crippen molar-refractivity contribution in [1.82, 2.24) is 5.32 Å². The molecule has 1 N–H and O–H groups in total. The van der Waals surface area contributed by atoms with Crippen molar-refractivity contribution in [2.24, 2.45) is 0 Å². The summed E-state index contributed by atoms with van der Waals surface area (Å²) < 4.78 is 77.8. The monoisotopic (exact) mass is 965 g/mol. The molecule has 16 nitrogen and oxygen atoms in total. The molecule has 1 amide bonds. The van der Waals surface area contributed by atoms with Gasteiger partial charge in [0.05, 0.1) is 172 Å². The van der Waals surface area contributed by atoms with Crippen LogP contribution < -0.4 is 5.32 Å². The van der Waals surface area contributed by atoms with Crippen LogP contribution in [-0.4, -0.2) is 195 Å². The molecule has 1 aliphatic rings. The van der Waals surface area contributed by atoms with Gasteiger partial charge in [-0.1, -0.05) is 71.1 Å². The number of hydrogen-bond acceptors (Lipinski definition) is 15. The first-order valence-corrected chi connectivity index (χ1v) is 22.5.